The van der Waals surface area contributed by atoms with Crippen molar-refractivity contribution >= 4 is 61.1 Å². The number of nitro benzene ring substituents is 1. The molecular formula is C23H17Br2N3O5. The number of ether oxygens (including phenoxy) is 1. The molecule has 33 heavy (non-hydrogen) atoms. The van der Waals surface area contributed by atoms with Crippen molar-refractivity contribution < 1.29 is 19.2 Å². The third-order valence-electron chi connectivity index (χ3n) is 4.41. The number of nitrogens with zero attached hydrogens (tertiary/aromatic N) is 1. The molecule has 0 aromatic heterocycles. The minimum absolute atomic E-state index is 0.0989. The van der Waals surface area contributed by atoms with E-state index in [2.05, 4.69) is 42.5 Å². The number of rotatable bonds is 7. The van der Waals surface area contributed by atoms with E-state index in [9.17, 15) is 19.7 Å². The Labute approximate surface area is 206 Å². The monoisotopic (exact) mass is 573 g/mol. The molecule has 0 bridgehead atoms. The lowest BCUT2D eigenvalue weighted by atomic mass is 10.1. The van der Waals surface area contributed by atoms with Crippen LogP contribution in [-0.4, -0.2) is 23.8 Å². The molecule has 0 spiro atoms. The van der Waals surface area contributed by atoms with Gasteiger partial charge in [-0.1, -0.05) is 28.1 Å². The van der Waals surface area contributed by atoms with Crippen LogP contribution in [0.3, 0.4) is 0 Å². The van der Waals surface area contributed by atoms with Crippen molar-refractivity contribution in [2.75, 3.05) is 12.4 Å². The van der Waals surface area contributed by atoms with Gasteiger partial charge in [0.1, 0.15) is 11.4 Å². The van der Waals surface area contributed by atoms with Crippen LogP contribution in [0.2, 0.25) is 0 Å². The van der Waals surface area contributed by atoms with Gasteiger partial charge in [-0.15, -0.1) is 0 Å². The Morgan fingerprint density at radius 1 is 1.03 bits per heavy atom. The molecule has 0 aliphatic rings. The highest BCUT2D eigenvalue weighted by molar-refractivity contribution is 9.10. The summed E-state index contributed by atoms with van der Waals surface area (Å²) in [5.74, 6) is -0.702. The Kier molecular flexibility index (Phi) is 7.96. The van der Waals surface area contributed by atoms with Crippen molar-refractivity contribution in [1.82, 2.24) is 5.32 Å². The molecule has 0 radical (unpaired) electrons. The number of halogens is 2. The van der Waals surface area contributed by atoms with Gasteiger partial charge < -0.3 is 15.4 Å². The minimum Gasteiger partial charge on any atom is -0.497 e. The molecule has 0 atom stereocenters. The van der Waals surface area contributed by atoms with Crippen LogP contribution in [0, 0.1) is 10.1 Å². The summed E-state index contributed by atoms with van der Waals surface area (Å²) >= 11 is 6.65. The topological polar surface area (TPSA) is 111 Å². The van der Waals surface area contributed by atoms with E-state index in [1.54, 1.807) is 42.5 Å². The highest BCUT2D eigenvalue weighted by Gasteiger charge is 2.18. The molecule has 168 valence electrons. The number of nitro groups is 1. The molecule has 0 heterocycles. The van der Waals surface area contributed by atoms with E-state index in [4.69, 9.17) is 4.74 Å². The predicted molar refractivity (Wildman–Crippen MR) is 132 cm³/mol. The largest absolute Gasteiger partial charge is 0.497 e. The maximum atomic E-state index is 13.0. The molecule has 2 N–H and O–H groups in total. The second-order valence-electron chi connectivity index (χ2n) is 6.67. The summed E-state index contributed by atoms with van der Waals surface area (Å²) in [6.07, 6.45) is 1.37. The van der Waals surface area contributed by atoms with E-state index < -0.39 is 16.7 Å². The molecule has 3 aromatic rings. The second kappa shape index (κ2) is 10.9. The fourth-order valence-corrected chi connectivity index (χ4v) is 3.47. The zero-order chi connectivity index (χ0) is 24.0. The first kappa shape index (κ1) is 24.1. The third kappa shape index (κ3) is 6.50. The van der Waals surface area contributed by atoms with E-state index in [1.807, 2.05) is 0 Å². The van der Waals surface area contributed by atoms with Crippen LogP contribution >= 0.6 is 31.9 Å². The molecule has 3 rings (SSSR count). The summed E-state index contributed by atoms with van der Waals surface area (Å²) in [4.78, 5) is 36.6. The van der Waals surface area contributed by atoms with Crippen LogP contribution in [0.4, 0.5) is 11.4 Å². The lowest BCUT2D eigenvalue weighted by Crippen LogP contribution is -2.31. The van der Waals surface area contributed by atoms with Crippen molar-refractivity contribution in [2.45, 2.75) is 0 Å². The summed E-state index contributed by atoms with van der Waals surface area (Å²) in [5, 5.41) is 16.4. The van der Waals surface area contributed by atoms with Crippen LogP contribution < -0.4 is 15.4 Å². The number of amides is 2. The number of anilines is 1. The molecule has 2 amide bonds. The number of carbonyl (C=O) groups excluding carboxylic acids is 2. The van der Waals surface area contributed by atoms with Crippen molar-refractivity contribution in [2.24, 2.45) is 0 Å². The number of carbonyl (C=O) groups is 2. The molecule has 0 saturated heterocycles. The maximum Gasteiger partial charge on any atom is 0.272 e. The zero-order valence-electron chi connectivity index (χ0n) is 17.2. The minimum atomic E-state index is -0.601. The summed E-state index contributed by atoms with van der Waals surface area (Å²) in [5.41, 5.74) is 0.882. The first-order chi connectivity index (χ1) is 15.8. The number of hydrogen-bond acceptors (Lipinski definition) is 5. The smallest absolute Gasteiger partial charge is 0.272 e. The Bertz CT molecular complexity index is 1240. The van der Waals surface area contributed by atoms with Gasteiger partial charge in [-0.2, -0.15) is 0 Å². The van der Waals surface area contributed by atoms with Crippen LogP contribution in [0.5, 0.6) is 5.75 Å². The summed E-state index contributed by atoms with van der Waals surface area (Å²) in [6, 6.07) is 17.5. The first-order valence-electron chi connectivity index (χ1n) is 9.45. The molecule has 3 aromatic carbocycles. The Balaban J connectivity index is 1.96. The fraction of sp³-hybridized carbons (Fsp3) is 0.0435. The van der Waals surface area contributed by atoms with E-state index in [0.29, 0.717) is 21.5 Å². The van der Waals surface area contributed by atoms with Gasteiger partial charge in [0.15, 0.2) is 0 Å². The Morgan fingerprint density at radius 2 is 1.76 bits per heavy atom. The summed E-state index contributed by atoms with van der Waals surface area (Å²) in [6.45, 7) is 0. The average Bonchev–Trinajstić information content (AvgIpc) is 2.80. The molecule has 0 aliphatic carbocycles. The van der Waals surface area contributed by atoms with Gasteiger partial charge in [-0.3, -0.25) is 19.7 Å². The average molecular weight is 575 g/mol. The van der Waals surface area contributed by atoms with Crippen LogP contribution in [0.25, 0.3) is 6.08 Å². The second-order valence-corrected chi connectivity index (χ2v) is 8.44. The third-order valence-corrected chi connectivity index (χ3v) is 5.63. The quantitative estimate of drug-likeness (QED) is 0.219. The number of benzene rings is 3. The molecule has 10 heteroatoms. The van der Waals surface area contributed by atoms with E-state index in [-0.39, 0.29) is 16.9 Å². The molecule has 0 unspecified atom stereocenters. The predicted octanol–water partition coefficient (Wildman–Crippen LogP) is 5.54. The first-order valence-corrected chi connectivity index (χ1v) is 11.0. The standard InChI is InChI=1S/C23H17Br2N3O5/c1-33-18-9-10-20(25)19(13-18)22(29)27-21(12-14-3-2-4-17(11-14)28(31)32)23(30)26-16-7-5-15(24)6-8-16/h2-13H,1H3,(H,26,30)(H,27,29). The molecule has 0 saturated carbocycles. The normalized spacial score (nSPS) is 10.9. The zero-order valence-corrected chi connectivity index (χ0v) is 20.3. The lowest BCUT2D eigenvalue weighted by molar-refractivity contribution is -0.384. The number of nitrogens with one attached hydrogen (secondary N) is 2. The summed E-state index contributed by atoms with van der Waals surface area (Å²) in [7, 11) is 1.48. The number of methoxy groups -OCH3 is 1. The highest BCUT2D eigenvalue weighted by Crippen LogP contribution is 2.23. The van der Waals surface area contributed by atoms with Gasteiger partial charge >= 0.3 is 0 Å². The number of non-ortho nitro benzene ring substituents is 1. The Morgan fingerprint density at radius 3 is 2.42 bits per heavy atom. The Hall–Kier alpha value is -3.50. The number of hydrogen-bond donors (Lipinski definition) is 2. The van der Waals surface area contributed by atoms with Gasteiger partial charge in [-0.05, 0) is 70.0 Å². The molecule has 8 nitrogen and oxygen atoms in total. The lowest BCUT2D eigenvalue weighted by Gasteiger charge is -2.13. The van der Waals surface area contributed by atoms with Crippen molar-refractivity contribution in [3.05, 3.63) is 103 Å². The van der Waals surface area contributed by atoms with Gasteiger partial charge in [0.25, 0.3) is 17.5 Å². The molecule has 0 fully saturated rings. The molecular weight excluding hydrogens is 558 g/mol. The van der Waals surface area contributed by atoms with Gasteiger partial charge in [0.2, 0.25) is 0 Å². The van der Waals surface area contributed by atoms with Crippen LogP contribution in [0.1, 0.15) is 15.9 Å². The maximum absolute atomic E-state index is 13.0. The SMILES string of the molecule is COc1ccc(Br)c(C(=O)NC(=Cc2cccc([N+](=O)[O-])c2)C(=O)Nc2ccc(Br)cc2)c1. The van der Waals surface area contributed by atoms with Crippen LogP contribution in [0.15, 0.2) is 81.4 Å². The van der Waals surface area contributed by atoms with Crippen molar-refractivity contribution in [3.8, 4) is 5.75 Å². The fourth-order valence-electron chi connectivity index (χ4n) is 2.78. The highest BCUT2D eigenvalue weighted by atomic mass is 79.9. The van der Waals surface area contributed by atoms with Crippen LogP contribution in [-0.2, 0) is 4.79 Å². The van der Waals surface area contributed by atoms with E-state index >= 15 is 0 Å². The summed E-state index contributed by atoms with van der Waals surface area (Å²) < 4.78 is 6.51. The van der Waals surface area contributed by atoms with E-state index in [1.165, 1.54) is 37.5 Å². The molecule has 0 aliphatic heterocycles. The van der Waals surface area contributed by atoms with E-state index in [0.717, 1.165) is 4.47 Å². The van der Waals surface area contributed by atoms with Crippen molar-refractivity contribution in [3.63, 3.8) is 0 Å². The van der Waals surface area contributed by atoms with Gasteiger partial charge in [0, 0.05) is 26.8 Å². The van der Waals surface area contributed by atoms with Gasteiger partial charge in [0.05, 0.1) is 17.6 Å². The van der Waals surface area contributed by atoms with Crippen molar-refractivity contribution in [1.29, 1.82) is 0 Å². The van der Waals surface area contributed by atoms with Gasteiger partial charge in [-0.25, -0.2) is 0 Å².